The van der Waals surface area contributed by atoms with Crippen LogP contribution in [0.1, 0.15) is 27.2 Å². The van der Waals surface area contributed by atoms with E-state index in [2.05, 4.69) is 19.9 Å². The fraction of sp³-hybridized carbons (Fsp3) is 0.250. The molecule has 0 saturated heterocycles. The molecule has 3 heterocycles. The highest BCUT2D eigenvalue weighted by atomic mass is 16.5. The van der Waals surface area contributed by atoms with Crippen LogP contribution in [0.5, 0.6) is 0 Å². The molecule has 0 fully saturated rings. The molecule has 1 aromatic carbocycles. The molecule has 1 aliphatic heterocycles. The van der Waals surface area contributed by atoms with Crippen molar-refractivity contribution in [1.82, 2.24) is 24.8 Å². The number of hydrogen-bond donors (Lipinski definition) is 0. The monoisotopic (exact) mass is 361 g/mol. The highest BCUT2D eigenvalue weighted by molar-refractivity contribution is 5.94. The molecule has 0 bridgehead atoms. The summed E-state index contributed by atoms with van der Waals surface area (Å²) in [7, 11) is 1.65. The third-order valence-electron chi connectivity index (χ3n) is 4.64. The van der Waals surface area contributed by atoms with E-state index >= 15 is 0 Å². The smallest absolute Gasteiger partial charge is 0.254 e. The zero-order chi connectivity index (χ0) is 18.6. The predicted octanol–water partition coefficient (Wildman–Crippen LogP) is 2.28. The van der Waals surface area contributed by atoms with Gasteiger partial charge in [0.1, 0.15) is 12.7 Å². The van der Waals surface area contributed by atoms with Gasteiger partial charge in [0.05, 0.1) is 18.0 Å². The average Bonchev–Trinajstić information content (AvgIpc) is 2.74. The largest absolute Gasteiger partial charge is 0.380 e. The molecule has 0 spiro atoms. The van der Waals surface area contributed by atoms with Gasteiger partial charge < -0.3 is 9.64 Å². The summed E-state index contributed by atoms with van der Waals surface area (Å²) >= 11 is 0. The van der Waals surface area contributed by atoms with E-state index in [-0.39, 0.29) is 5.91 Å². The number of aromatic nitrogens is 4. The summed E-state index contributed by atoms with van der Waals surface area (Å²) in [4.78, 5) is 31.8. The molecule has 2 aromatic heterocycles. The van der Waals surface area contributed by atoms with E-state index in [1.165, 1.54) is 6.33 Å². The van der Waals surface area contributed by atoms with Gasteiger partial charge in [-0.2, -0.15) is 0 Å². The second-order valence-corrected chi connectivity index (χ2v) is 6.38. The van der Waals surface area contributed by atoms with E-state index in [1.54, 1.807) is 25.8 Å². The lowest BCUT2D eigenvalue weighted by Crippen LogP contribution is -2.36. The number of benzene rings is 1. The molecule has 0 radical (unpaired) electrons. The van der Waals surface area contributed by atoms with E-state index in [4.69, 9.17) is 4.74 Å². The number of carbonyl (C=O) groups is 1. The van der Waals surface area contributed by atoms with Crippen molar-refractivity contribution in [3.8, 4) is 11.3 Å². The Hall–Kier alpha value is -3.19. The number of rotatable bonds is 4. The minimum Gasteiger partial charge on any atom is -0.380 e. The van der Waals surface area contributed by atoms with Crippen LogP contribution in [-0.4, -0.2) is 44.4 Å². The van der Waals surface area contributed by atoms with Gasteiger partial charge in [-0.05, 0) is 17.7 Å². The Morgan fingerprint density at radius 2 is 1.89 bits per heavy atom. The van der Waals surface area contributed by atoms with Crippen LogP contribution in [0.4, 0.5) is 0 Å². The standard InChI is InChI=1S/C20H19N5O2/c1-27-11-14-2-4-15(5-3-14)20(26)25-7-6-18-17(10-25)19(24-13-23-18)16-8-21-12-22-9-16/h2-5,8-9,12-13H,6-7,10-11H2,1H3. The van der Waals surface area contributed by atoms with E-state index in [9.17, 15) is 4.79 Å². The highest BCUT2D eigenvalue weighted by Crippen LogP contribution is 2.27. The zero-order valence-electron chi connectivity index (χ0n) is 15.0. The number of carbonyl (C=O) groups excluding carboxylic acids is 1. The van der Waals surface area contributed by atoms with E-state index in [0.29, 0.717) is 31.7 Å². The summed E-state index contributed by atoms with van der Waals surface area (Å²) < 4.78 is 5.12. The predicted molar refractivity (Wildman–Crippen MR) is 98.7 cm³/mol. The summed E-state index contributed by atoms with van der Waals surface area (Å²) in [6, 6.07) is 7.54. The maximum absolute atomic E-state index is 13.0. The minimum atomic E-state index is 0.00346. The van der Waals surface area contributed by atoms with Crippen LogP contribution >= 0.6 is 0 Å². The molecule has 0 atom stereocenters. The molecule has 27 heavy (non-hydrogen) atoms. The Bertz CT molecular complexity index is 944. The SMILES string of the molecule is COCc1ccc(C(=O)N2CCc3ncnc(-c4cncnc4)c3C2)cc1. The fourth-order valence-corrected chi connectivity index (χ4v) is 3.28. The van der Waals surface area contributed by atoms with Crippen molar-refractivity contribution in [2.75, 3.05) is 13.7 Å². The molecule has 0 unspecified atom stereocenters. The summed E-state index contributed by atoms with van der Waals surface area (Å²) in [6.45, 7) is 1.64. The third-order valence-corrected chi connectivity index (χ3v) is 4.64. The molecule has 3 aromatic rings. The fourth-order valence-electron chi connectivity index (χ4n) is 3.28. The van der Waals surface area contributed by atoms with Gasteiger partial charge in [0.2, 0.25) is 0 Å². The Balaban J connectivity index is 1.60. The Labute approximate surface area is 157 Å². The van der Waals surface area contributed by atoms with Crippen LogP contribution in [0.15, 0.2) is 49.3 Å². The Morgan fingerprint density at radius 1 is 1.11 bits per heavy atom. The lowest BCUT2D eigenvalue weighted by atomic mass is 10.00. The van der Waals surface area contributed by atoms with Crippen molar-refractivity contribution in [2.24, 2.45) is 0 Å². The molecule has 0 saturated carbocycles. The lowest BCUT2D eigenvalue weighted by Gasteiger charge is -2.29. The Kier molecular flexibility index (Phi) is 4.84. The van der Waals surface area contributed by atoms with Gasteiger partial charge in [-0.15, -0.1) is 0 Å². The van der Waals surface area contributed by atoms with Crippen LogP contribution in [-0.2, 0) is 24.3 Å². The molecular formula is C20H19N5O2. The maximum Gasteiger partial charge on any atom is 0.254 e. The third kappa shape index (κ3) is 3.54. The summed E-state index contributed by atoms with van der Waals surface area (Å²) in [6.07, 6.45) is 7.20. The topological polar surface area (TPSA) is 81.1 Å². The Morgan fingerprint density at radius 3 is 2.63 bits per heavy atom. The molecule has 1 amide bonds. The number of fused-ring (bicyclic) bond motifs is 1. The van der Waals surface area contributed by atoms with Gasteiger partial charge in [0, 0.05) is 55.7 Å². The molecular weight excluding hydrogens is 342 g/mol. The second-order valence-electron chi connectivity index (χ2n) is 6.38. The number of nitrogens with zero attached hydrogens (tertiary/aromatic N) is 5. The van der Waals surface area contributed by atoms with Crippen LogP contribution in [0, 0.1) is 0 Å². The van der Waals surface area contributed by atoms with Gasteiger partial charge in [-0.1, -0.05) is 12.1 Å². The van der Waals surface area contributed by atoms with Gasteiger partial charge in [0.25, 0.3) is 5.91 Å². The summed E-state index contributed by atoms with van der Waals surface area (Å²) in [5.74, 6) is 0.00346. The van der Waals surface area contributed by atoms with Crippen LogP contribution < -0.4 is 0 Å². The number of amides is 1. The van der Waals surface area contributed by atoms with Crippen molar-refractivity contribution in [3.05, 3.63) is 71.7 Å². The normalized spacial score (nSPS) is 13.3. The molecule has 136 valence electrons. The van der Waals surface area contributed by atoms with Gasteiger partial charge in [-0.3, -0.25) is 4.79 Å². The van der Waals surface area contributed by atoms with E-state index < -0.39 is 0 Å². The van der Waals surface area contributed by atoms with Gasteiger partial charge >= 0.3 is 0 Å². The summed E-state index contributed by atoms with van der Waals surface area (Å²) in [5, 5.41) is 0. The maximum atomic E-state index is 13.0. The first kappa shape index (κ1) is 17.2. The zero-order valence-corrected chi connectivity index (χ0v) is 15.0. The number of ether oxygens (including phenoxy) is 1. The van der Waals surface area contributed by atoms with Crippen molar-refractivity contribution < 1.29 is 9.53 Å². The second kappa shape index (κ2) is 7.59. The molecule has 7 heteroatoms. The van der Waals surface area contributed by atoms with E-state index in [0.717, 1.165) is 28.1 Å². The molecule has 0 N–H and O–H groups in total. The van der Waals surface area contributed by atoms with Gasteiger partial charge in [0.15, 0.2) is 0 Å². The van der Waals surface area contributed by atoms with Crippen molar-refractivity contribution in [2.45, 2.75) is 19.6 Å². The lowest BCUT2D eigenvalue weighted by molar-refractivity contribution is 0.0733. The molecule has 1 aliphatic rings. The summed E-state index contributed by atoms with van der Waals surface area (Å²) in [5.41, 5.74) is 5.26. The van der Waals surface area contributed by atoms with Crippen LogP contribution in [0.2, 0.25) is 0 Å². The van der Waals surface area contributed by atoms with Crippen molar-refractivity contribution >= 4 is 5.91 Å². The number of hydrogen-bond acceptors (Lipinski definition) is 6. The molecule has 4 rings (SSSR count). The average molecular weight is 361 g/mol. The van der Waals surface area contributed by atoms with Gasteiger partial charge in [-0.25, -0.2) is 19.9 Å². The highest BCUT2D eigenvalue weighted by Gasteiger charge is 2.25. The number of methoxy groups -OCH3 is 1. The van der Waals surface area contributed by atoms with Crippen LogP contribution in [0.3, 0.4) is 0 Å². The van der Waals surface area contributed by atoms with Crippen LogP contribution in [0.25, 0.3) is 11.3 Å². The first-order valence-corrected chi connectivity index (χ1v) is 8.71. The molecule has 0 aliphatic carbocycles. The first-order valence-electron chi connectivity index (χ1n) is 8.71. The molecule has 7 nitrogen and oxygen atoms in total. The quantitative estimate of drug-likeness (QED) is 0.709. The van der Waals surface area contributed by atoms with Crippen molar-refractivity contribution in [3.63, 3.8) is 0 Å². The minimum absolute atomic E-state index is 0.00346. The van der Waals surface area contributed by atoms with Crippen molar-refractivity contribution in [1.29, 1.82) is 0 Å². The van der Waals surface area contributed by atoms with E-state index in [1.807, 2.05) is 29.2 Å². The first-order chi connectivity index (χ1) is 13.3.